The number of nitrogens with one attached hydrogen (secondary N) is 1. The highest BCUT2D eigenvalue weighted by atomic mass is 35.5. The summed E-state index contributed by atoms with van der Waals surface area (Å²) in [6, 6.07) is 4.82. The lowest BCUT2D eigenvalue weighted by Gasteiger charge is -2.32. The summed E-state index contributed by atoms with van der Waals surface area (Å²) in [6.07, 6.45) is 0.271. The number of nitrogens with two attached hydrogens (primary N) is 1. The van der Waals surface area contributed by atoms with Crippen LogP contribution >= 0.6 is 11.6 Å². The molecule has 0 spiro atoms. The molecule has 26 heavy (non-hydrogen) atoms. The van der Waals surface area contributed by atoms with Crippen molar-refractivity contribution in [3.05, 3.63) is 34.3 Å². The summed E-state index contributed by atoms with van der Waals surface area (Å²) >= 11 is 6.09. The molecule has 1 aromatic rings. The summed E-state index contributed by atoms with van der Waals surface area (Å²) < 4.78 is 0. The van der Waals surface area contributed by atoms with Crippen LogP contribution in [-0.2, 0) is 22.7 Å². The zero-order valence-electron chi connectivity index (χ0n) is 15.6. The molecule has 1 fully saturated rings. The molecule has 0 aliphatic carbocycles. The van der Waals surface area contributed by atoms with Crippen molar-refractivity contribution in [3.63, 3.8) is 0 Å². The third kappa shape index (κ3) is 4.82. The van der Waals surface area contributed by atoms with Gasteiger partial charge in [-0.3, -0.25) is 14.5 Å². The lowest BCUT2D eigenvalue weighted by Crippen LogP contribution is -2.52. The number of aliphatic hydroxyl groups excluding tert-OH is 1. The predicted molar refractivity (Wildman–Crippen MR) is 101 cm³/mol. The van der Waals surface area contributed by atoms with Crippen molar-refractivity contribution in [2.45, 2.75) is 58.8 Å². The molecule has 2 atom stereocenters. The molecule has 0 bridgehead atoms. The first-order valence-electron chi connectivity index (χ1n) is 8.89. The van der Waals surface area contributed by atoms with Crippen LogP contribution in [0.1, 0.15) is 44.7 Å². The van der Waals surface area contributed by atoms with Crippen molar-refractivity contribution >= 4 is 23.4 Å². The van der Waals surface area contributed by atoms with Gasteiger partial charge >= 0.3 is 0 Å². The highest BCUT2D eigenvalue weighted by Crippen LogP contribution is 2.24. The minimum atomic E-state index is -1.28. The van der Waals surface area contributed by atoms with Crippen LogP contribution in [0.2, 0.25) is 5.02 Å². The van der Waals surface area contributed by atoms with E-state index >= 15 is 0 Å². The van der Waals surface area contributed by atoms with E-state index in [0.717, 1.165) is 23.4 Å². The number of carbonyl (C=O) groups excluding carboxylic acids is 2. The Kier molecular flexibility index (Phi) is 6.80. The molecular weight excluding hydrogens is 354 g/mol. The third-order valence-electron chi connectivity index (χ3n) is 4.66. The van der Waals surface area contributed by atoms with Crippen LogP contribution in [-0.4, -0.2) is 40.5 Å². The van der Waals surface area contributed by atoms with Gasteiger partial charge in [0.05, 0.1) is 12.6 Å². The Labute approximate surface area is 159 Å². The Morgan fingerprint density at radius 1 is 1.38 bits per heavy atom. The van der Waals surface area contributed by atoms with Crippen LogP contribution in [0, 0.1) is 5.41 Å². The molecule has 0 unspecified atom stereocenters. The fourth-order valence-corrected chi connectivity index (χ4v) is 3.17. The molecule has 4 N–H and O–H groups in total. The number of rotatable bonds is 5. The first-order chi connectivity index (χ1) is 12.1. The first kappa shape index (κ1) is 20.8. The Morgan fingerprint density at radius 3 is 2.62 bits per heavy atom. The van der Waals surface area contributed by atoms with Crippen LogP contribution in [0.3, 0.4) is 0 Å². The van der Waals surface area contributed by atoms with Gasteiger partial charge in [0.1, 0.15) is 6.10 Å². The minimum Gasteiger partial charge on any atom is -0.383 e. The molecule has 144 valence electrons. The minimum absolute atomic E-state index is 0.0378. The van der Waals surface area contributed by atoms with Gasteiger partial charge in [0.15, 0.2) is 0 Å². The molecule has 1 aliphatic rings. The van der Waals surface area contributed by atoms with Crippen LogP contribution in [0.25, 0.3) is 0 Å². The molecule has 7 heteroatoms. The standard InChI is InChI=1S/C19H28ClN3O3/c1-19(2,3)16(24)18(26)23(17(25)15-5-4-8-22-15)11-13-9-14(20)7-6-12(13)10-21/h6-7,9,15-16,22,24H,4-5,8,10-11,21H2,1-3H3/t15-,16-/m0/s1. The molecular formula is C19H28ClN3O3. The lowest BCUT2D eigenvalue weighted by molar-refractivity contribution is -0.156. The van der Waals surface area contributed by atoms with Gasteiger partial charge in [0.25, 0.3) is 5.91 Å². The van der Waals surface area contributed by atoms with Crippen molar-refractivity contribution in [1.29, 1.82) is 0 Å². The van der Waals surface area contributed by atoms with Gasteiger partial charge in [-0.2, -0.15) is 0 Å². The normalized spacial score (nSPS) is 18.6. The van der Waals surface area contributed by atoms with E-state index in [1.54, 1.807) is 39.0 Å². The fraction of sp³-hybridized carbons (Fsp3) is 0.579. The van der Waals surface area contributed by atoms with E-state index in [9.17, 15) is 14.7 Å². The molecule has 2 rings (SSSR count). The second kappa shape index (κ2) is 8.48. The van der Waals surface area contributed by atoms with E-state index in [2.05, 4.69) is 5.32 Å². The number of halogens is 1. The largest absolute Gasteiger partial charge is 0.383 e. The predicted octanol–water partition coefficient (Wildman–Crippen LogP) is 1.81. The molecule has 2 amide bonds. The number of nitrogens with zero attached hydrogens (tertiary/aromatic N) is 1. The molecule has 1 saturated heterocycles. The van der Waals surface area contributed by atoms with Gasteiger partial charge in [-0.05, 0) is 48.1 Å². The third-order valence-corrected chi connectivity index (χ3v) is 4.90. The zero-order valence-corrected chi connectivity index (χ0v) is 16.3. The molecule has 0 aromatic heterocycles. The van der Waals surface area contributed by atoms with Crippen molar-refractivity contribution in [1.82, 2.24) is 10.2 Å². The molecule has 1 aromatic carbocycles. The first-order valence-corrected chi connectivity index (χ1v) is 9.27. The van der Waals surface area contributed by atoms with E-state index in [1.165, 1.54) is 0 Å². The maximum absolute atomic E-state index is 13.0. The monoisotopic (exact) mass is 381 g/mol. The number of carbonyl (C=O) groups is 2. The Morgan fingerprint density at radius 2 is 2.08 bits per heavy atom. The number of aliphatic hydroxyl groups is 1. The fourth-order valence-electron chi connectivity index (χ4n) is 2.98. The molecule has 0 saturated carbocycles. The zero-order chi connectivity index (χ0) is 19.5. The van der Waals surface area contributed by atoms with Crippen molar-refractivity contribution < 1.29 is 14.7 Å². The van der Waals surface area contributed by atoms with Crippen LogP contribution in [0.4, 0.5) is 0 Å². The molecule has 1 aliphatic heterocycles. The summed E-state index contributed by atoms with van der Waals surface area (Å²) in [5.74, 6) is -0.919. The van der Waals surface area contributed by atoms with Crippen LogP contribution in [0.5, 0.6) is 0 Å². The molecule has 6 nitrogen and oxygen atoms in total. The van der Waals surface area contributed by atoms with Crippen molar-refractivity contribution in [3.8, 4) is 0 Å². The van der Waals surface area contributed by atoms with Crippen LogP contribution < -0.4 is 11.1 Å². The summed E-state index contributed by atoms with van der Waals surface area (Å²) in [4.78, 5) is 27.1. The smallest absolute Gasteiger partial charge is 0.258 e. The van der Waals surface area contributed by atoms with Gasteiger partial charge in [-0.25, -0.2) is 0 Å². The Bertz CT molecular complexity index is 666. The SMILES string of the molecule is CC(C)(C)[C@@H](O)C(=O)N(Cc1cc(Cl)ccc1CN)C(=O)[C@@H]1CCCN1. The van der Waals surface area contributed by atoms with E-state index < -0.39 is 23.5 Å². The number of benzene rings is 1. The summed E-state index contributed by atoms with van der Waals surface area (Å²) in [5.41, 5.74) is 6.63. The summed E-state index contributed by atoms with van der Waals surface area (Å²) in [5, 5.41) is 14.1. The lowest BCUT2D eigenvalue weighted by atomic mass is 9.88. The number of hydrogen-bond donors (Lipinski definition) is 3. The number of amides is 2. The van der Waals surface area contributed by atoms with Gasteiger partial charge in [0, 0.05) is 11.6 Å². The van der Waals surface area contributed by atoms with Gasteiger partial charge in [-0.1, -0.05) is 38.4 Å². The highest BCUT2D eigenvalue weighted by Gasteiger charge is 2.38. The Hall–Kier alpha value is -1.47. The van der Waals surface area contributed by atoms with Gasteiger partial charge < -0.3 is 16.2 Å². The van der Waals surface area contributed by atoms with Gasteiger partial charge in [-0.15, -0.1) is 0 Å². The topological polar surface area (TPSA) is 95.7 Å². The molecule has 1 heterocycles. The molecule has 0 radical (unpaired) electrons. The van der Waals surface area contributed by atoms with Crippen molar-refractivity contribution in [2.75, 3.05) is 6.54 Å². The average molecular weight is 382 g/mol. The van der Waals surface area contributed by atoms with E-state index in [-0.39, 0.29) is 19.0 Å². The quantitative estimate of drug-likeness (QED) is 0.723. The summed E-state index contributed by atoms with van der Waals surface area (Å²) in [6.45, 7) is 6.33. The maximum Gasteiger partial charge on any atom is 0.258 e. The van der Waals surface area contributed by atoms with Crippen molar-refractivity contribution in [2.24, 2.45) is 11.1 Å². The second-order valence-electron chi connectivity index (χ2n) is 7.80. The number of imide groups is 1. The summed E-state index contributed by atoms with van der Waals surface area (Å²) in [7, 11) is 0. The maximum atomic E-state index is 13.0. The van der Waals surface area contributed by atoms with E-state index in [4.69, 9.17) is 17.3 Å². The van der Waals surface area contributed by atoms with Crippen LogP contribution in [0.15, 0.2) is 18.2 Å². The van der Waals surface area contributed by atoms with Gasteiger partial charge in [0.2, 0.25) is 5.91 Å². The van der Waals surface area contributed by atoms with E-state index in [1.807, 2.05) is 0 Å². The number of hydrogen-bond acceptors (Lipinski definition) is 5. The average Bonchev–Trinajstić information content (AvgIpc) is 3.11. The highest BCUT2D eigenvalue weighted by molar-refractivity contribution is 6.30. The van der Waals surface area contributed by atoms with E-state index in [0.29, 0.717) is 17.0 Å². The Balaban J connectivity index is 2.35. The second-order valence-corrected chi connectivity index (χ2v) is 8.23.